The van der Waals surface area contributed by atoms with Gasteiger partial charge in [-0.3, -0.25) is 9.59 Å². The molecule has 4 nitrogen and oxygen atoms in total. The Morgan fingerprint density at radius 1 is 1.08 bits per heavy atom. The van der Waals surface area contributed by atoms with Gasteiger partial charge in [0.1, 0.15) is 6.33 Å². The van der Waals surface area contributed by atoms with Crippen LogP contribution in [0.15, 0.2) is 12.5 Å². The Bertz CT molecular complexity index is 431. The van der Waals surface area contributed by atoms with Gasteiger partial charge in [0.05, 0.1) is 5.35 Å². The minimum Gasteiger partial charge on any atom is -0.286 e. The van der Waals surface area contributed by atoms with Gasteiger partial charge >= 0.3 is 0 Å². The third kappa shape index (κ3) is 0.934. The summed E-state index contributed by atoms with van der Waals surface area (Å²) in [4.78, 5) is 29.3. The lowest BCUT2D eigenvalue weighted by molar-refractivity contribution is -0.129. The molecule has 0 unspecified atom stereocenters. The highest BCUT2D eigenvalue weighted by Gasteiger charge is 2.11. The summed E-state index contributed by atoms with van der Waals surface area (Å²) in [5, 5.41) is 1.11. The van der Waals surface area contributed by atoms with Crippen LogP contribution in [0.5, 0.6) is 0 Å². The predicted molar refractivity (Wildman–Crippen MR) is 40.2 cm³/mol. The van der Waals surface area contributed by atoms with Crippen molar-refractivity contribution >= 4 is 23.7 Å². The molecule has 0 atom stereocenters. The van der Waals surface area contributed by atoms with Gasteiger partial charge in [-0.25, -0.2) is 9.97 Å². The van der Waals surface area contributed by atoms with E-state index in [1.807, 2.05) is 0 Å². The molecule has 0 saturated carbocycles. The highest BCUT2D eigenvalue weighted by atomic mass is 16.2. The maximum Gasteiger partial charge on any atom is 0.227 e. The van der Waals surface area contributed by atoms with Crippen LogP contribution in [0.4, 0.5) is 0 Å². The fraction of sp³-hybridized carbons (Fsp3) is 0. The van der Waals surface area contributed by atoms with Crippen LogP contribution >= 0.6 is 0 Å². The van der Waals surface area contributed by atoms with Crippen LogP contribution in [0.25, 0.3) is 12.2 Å². The molecule has 0 spiro atoms. The molecule has 0 amide bonds. The van der Waals surface area contributed by atoms with Gasteiger partial charge in [-0.1, -0.05) is 0 Å². The lowest BCUT2D eigenvalue weighted by atomic mass is 10.1. The zero-order valence-electron chi connectivity index (χ0n) is 6.02. The minimum atomic E-state index is -0.527. The molecule has 2 rings (SSSR count). The summed E-state index contributed by atoms with van der Waals surface area (Å²) in [5.74, 6) is -1.04. The van der Waals surface area contributed by atoms with Crippen LogP contribution < -0.4 is 10.6 Å². The van der Waals surface area contributed by atoms with Gasteiger partial charge < -0.3 is 0 Å². The van der Waals surface area contributed by atoms with Crippen molar-refractivity contribution in [3.63, 3.8) is 0 Å². The molecule has 0 N–H and O–H groups in total. The molecule has 0 radical (unpaired) electrons. The second kappa shape index (κ2) is 2.34. The number of carbonyl (C=O) groups excluding carboxylic acids is 2. The number of fused-ring (bicyclic) bond motifs is 1. The van der Waals surface area contributed by atoms with E-state index in [9.17, 15) is 9.59 Å². The quantitative estimate of drug-likeness (QED) is 0.420. The summed E-state index contributed by atoms with van der Waals surface area (Å²) in [6.07, 6.45) is 5.31. The molecule has 1 aromatic heterocycles. The number of hydrogen-bond donors (Lipinski definition) is 0. The topological polar surface area (TPSA) is 59.9 Å². The van der Waals surface area contributed by atoms with Crippen molar-refractivity contribution in [2.75, 3.05) is 0 Å². The van der Waals surface area contributed by atoms with Crippen molar-refractivity contribution in [1.82, 2.24) is 9.97 Å². The first-order chi connectivity index (χ1) is 5.77. The number of ketones is 2. The molecule has 0 fully saturated rings. The average molecular weight is 160 g/mol. The van der Waals surface area contributed by atoms with E-state index < -0.39 is 11.6 Å². The van der Waals surface area contributed by atoms with Gasteiger partial charge in [0.2, 0.25) is 11.6 Å². The summed E-state index contributed by atoms with van der Waals surface area (Å²) < 4.78 is 0. The molecule has 1 heterocycles. The summed E-state index contributed by atoms with van der Waals surface area (Å²) in [7, 11) is 0. The van der Waals surface area contributed by atoms with Crippen molar-refractivity contribution in [3.8, 4) is 0 Å². The van der Waals surface area contributed by atoms with Crippen LogP contribution in [-0.4, -0.2) is 21.5 Å². The molecule has 0 bridgehead atoms. The molecule has 0 aliphatic heterocycles. The number of aromatic nitrogens is 2. The summed E-state index contributed by atoms with van der Waals surface area (Å²) in [6.45, 7) is 0. The Kier molecular flexibility index (Phi) is 1.33. The zero-order chi connectivity index (χ0) is 8.55. The lowest BCUT2D eigenvalue weighted by Crippen LogP contribution is -2.35. The van der Waals surface area contributed by atoms with Gasteiger partial charge in [-0.2, -0.15) is 0 Å². The Hall–Kier alpha value is -1.84. The fourth-order valence-electron chi connectivity index (χ4n) is 0.989. The van der Waals surface area contributed by atoms with Crippen LogP contribution in [-0.2, 0) is 9.59 Å². The van der Waals surface area contributed by atoms with Crippen molar-refractivity contribution in [2.45, 2.75) is 0 Å². The number of hydrogen-bond acceptors (Lipinski definition) is 4. The van der Waals surface area contributed by atoms with E-state index in [-0.39, 0.29) is 0 Å². The predicted octanol–water partition coefficient (Wildman–Crippen LogP) is -1.81. The van der Waals surface area contributed by atoms with E-state index in [1.165, 1.54) is 24.7 Å². The standard InChI is InChI=1S/C8H4N2O2/c11-7-1-5-3-9-4-10-6(5)2-8(7)12/h1-4H. The first kappa shape index (κ1) is 6.84. The van der Waals surface area contributed by atoms with Gasteiger partial charge in [-0.05, 0) is 0 Å². The van der Waals surface area contributed by atoms with Gasteiger partial charge in [0, 0.05) is 23.6 Å². The summed E-state index contributed by atoms with van der Waals surface area (Å²) >= 11 is 0. The first-order valence-corrected chi connectivity index (χ1v) is 3.35. The largest absolute Gasteiger partial charge is 0.286 e. The second-order valence-corrected chi connectivity index (χ2v) is 2.38. The molecule has 1 aromatic rings. The second-order valence-electron chi connectivity index (χ2n) is 2.38. The molecular weight excluding hydrogens is 156 g/mol. The van der Waals surface area contributed by atoms with E-state index in [4.69, 9.17) is 0 Å². The van der Waals surface area contributed by atoms with E-state index in [1.54, 1.807) is 0 Å². The zero-order valence-corrected chi connectivity index (χ0v) is 6.02. The normalized spacial score (nSPS) is 14.7. The highest BCUT2D eigenvalue weighted by molar-refractivity contribution is 6.57. The summed E-state index contributed by atoms with van der Waals surface area (Å²) in [6, 6.07) is 0. The maximum atomic E-state index is 10.9. The maximum absolute atomic E-state index is 10.9. The minimum absolute atomic E-state index is 0.509. The van der Waals surface area contributed by atoms with Crippen molar-refractivity contribution in [1.29, 1.82) is 0 Å². The van der Waals surface area contributed by atoms with E-state index in [0.29, 0.717) is 10.6 Å². The molecule has 58 valence electrons. The van der Waals surface area contributed by atoms with Crippen LogP contribution in [0.1, 0.15) is 0 Å². The Morgan fingerprint density at radius 3 is 2.67 bits per heavy atom. The lowest BCUT2D eigenvalue weighted by Gasteiger charge is -1.94. The summed E-state index contributed by atoms with van der Waals surface area (Å²) in [5.41, 5.74) is 0. The van der Waals surface area contributed by atoms with Crippen LogP contribution in [0.3, 0.4) is 0 Å². The number of carbonyl (C=O) groups is 2. The molecular formula is C8H4N2O2. The Labute approximate surface area is 67.3 Å². The highest BCUT2D eigenvalue weighted by Crippen LogP contribution is 1.83. The smallest absolute Gasteiger partial charge is 0.227 e. The van der Waals surface area contributed by atoms with Crippen molar-refractivity contribution in [3.05, 3.63) is 23.1 Å². The van der Waals surface area contributed by atoms with E-state index >= 15 is 0 Å². The molecule has 0 aromatic carbocycles. The van der Waals surface area contributed by atoms with Crippen molar-refractivity contribution in [2.24, 2.45) is 0 Å². The van der Waals surface area contributed by atoms with E-state index in [2.05, 4.69) is 9.97 Å². The molecule has 1 aliphatic rings. The first-order valence-electron chi connectivity index (χ1n) is 3.35. The van der Waals surface area contributed by atoms with Crippen LogP contribution in [0.2, 0.25) is 0 Å². The van der Waals surface area contributed by atoms with E-state index in [0.717, 1.165) is 0 Å². The van der Waals surface area contributed by atoms with Gasteiger partial charge in [-0.15, -0.1) is 0 Å². The van der Waals surface area contributed by atoms with Gasteiger partial charge in [0.15, 0.2) is 0 Å². The fourth-order valence-corrected chi connectivity index (χ4v) is 0.989. The molecule has 12 heavy (non-hydrogen) atoms. The monoisotopic (exact) mass is 160 g/mol. The SMILES string of the molecule is O=C1C=c2cncnc2=CC1=O. The third-order valence-corrected chi connectivity index (χ3v) is 1.57. The number of Topliss-reactive ketones (excluding diaryl/α,β-unsaturated/α-hetero) is 2. The molecule has 1 aliphatic carbocycles. The number of nitrogens with zero attached hydrogens (tertiary/aromatic N) is 2. The van der Waals surface area contributed by atoms with Gasteiger partial charge in [0.25, 0.3) is 0 Å². The number of rotatable bonds is 0. The molecule has 4 heteroatoms. The molecule has 0 saturated heterocycles. The Balaban J connectivity index is 2.87. The average Bonchev–Trinajstić information content (AvgIpc) is 2.07. The van der Waals surface area contributed by atoms with Crippen molar-refractivity contribution < 1.29 is 9.59 Å². The third-order valence-electron chi connectivity index (χ3n) is 1.57. The Morgan fingerprint density at radius 2 is 1.83 bits per heavy atom. The van der Waals surface area contributed by atoms with Crippen LogP contribution in [0, 0.1) is 0 Å².